The first-order valence-corrected chi connectivity index (χ1v) is 3.97. The van der Waals surface area contributed by atoms with Gasteiger partial charge in [0.25, 0.3) is 0 Å². The summed E-state index contributed by atoms with van der Waals surface area (Å²) in [5.74, 6) is 0. The Kier molecular flexibility index (Phi) is 6.50. The van der Waals surface area contributed by atoms with Crippen molar-refractivity contribution in [2.75, 3.05) is 7.05 Å². The van der Waals surface area contributed by atoms with Crippen LogP contribution < -0.4 is 5.32 Å². The summed E-state index contributed by atoms with van der Waals surface area (Å²) in [5.41, 5.74) is 0. The molecule has 0 aliphatic heterocycles. The van der Waals surface area contributed by atoms with E-state index < -0.39 is 0 Å². The zero-order valence-corrected chi connectivity index (χ0v) is 6.89. The molecule has 2 nitrogen and oxygen atoms in total. The third kappa shape index (κ3) is 4.50. The van der Waals surface area contributed by atoms with Crippen molar-refractivity contribution in [3.63, 3.8) is 0 Å². The van der Waals surface area contributed by atoms with Gasteiger partial charge in [0.15, 0.2) is 0 Å². The molecule has 0 aromatic heterocycles. The van der Waals surface area contributed by atoms with E-state index in [4.69, 9.17) is 0 Å². The lowest BCUT2D eigenvalue weighted by Crippen LogP contribution is -2.26. The van der Waals surface area contributed by atoms with E-state index in [0.29, 0.717) is 0 Å². The summed E-state index contributed by atoms with van der Waals surface area (Å²) >= 11 is 0. The van der Waals surface area contributed by atoms with Crippen LogP contribution >= 0.6 is 0 Å². The monoisotopic (exact) mass is 143 g/mol. The summed E-state index contributed by atoms with van der Waals surface area (Å²) in [6.45, 7) is 2.16. The highest BCUT2D eigenvalue weighted by Crippen LogP contribution is 2.00. The summed E-state index contributed by atoms with van der Waals surface area (Å²) in [6.07, 6.45) is 5.56. The van der Waals surface area contributed by atoms with Gasteiger partial charge in [0.05, 0.1) is 6.04 Å². The van der Waals surface area contributed by atoms with E-state index in [1.54, 1.807) is 0 Å². The third-order valence-corrected chi connectivity index (χ3v) is 1.65. The fourth-order valence-corrected chi connectivity index (χ4v) is 0.895. The first kappa shape index (κ1) is 9.63. The van der Waals surface area contributed by atoms with E-state index in [2.05, 4.69) is 12.2 Å². The van der Waals surface area contributed by atoms with Gasteiger partial charge in [-0.15, -0.1) is 0 Å². The summed E-state index contributed by atoms with van der Waals surface area (Å²) in [7, 11) is 1.82. The minimum absolute atomic E-state index is 0.0755. The summed E-state index contributed by atoms with van der Waals surface area (Å²) in [6, 6.07) is 0.0755. The fourth-order valence-electron chi connectivity index (χ4n) is 0.895. The van der Waals surface area contributed by atoms with Gasteiger partial charge >= 0.3 is 0 Å². The maximum Gasteiger partial charge on any atom is 0.136 e. The maximum absolute atomic E-state index is 10.3. The molecular formula is C8H17NO. The third-order valence-electron chi connectivity index (χ3n) is 1.65. The Bertz CT molecular complexity index is 83.3. The molecule has 2 heteroatoms. The van der Waals surface area contributed by atoms with Crippen LogP contribution in [0.15, 0.2) is 0 Å². The highest BCUT2D eigenvalue weighted by Gasteiger charge is 2.00. The summed E-state index contributed by atoms with van der Waals surface area (Å²) < 4.78 is 0. The Morgan fingerprint density at radius 1 is 1.50 bits per heavy atom. The number of unbranched alkanes of at least 4 members (excludes halogenated alkanes) is 2. The Hall–Kier alpha value is -0.370. The van der Waals surface area contributed by atoms with Crippen molar-refractivity contribution in [1.29, 1.82) is 0 Å². The van der Waals surface area contributed by atoms with Crippen molar-refractivity contribution in [2.45, 2.75) is 38.6 Å². The smallest absolute Gasteiger partial charge is 0.136 e. The van der Waals surface area contributed by atoms with Crippen molar-refractivity contribution in [3.05, 3.63) is 0 Å². The Balaban J connectivity index is 3.17. The highest BCUT2D eigenvalue weighted by atomic mass is 16.1. The van der Waals surface area contributed by atoms with Crippen LogP contribution in [-0.2, 0) is 4.79 Å². The predicted octanol–water partition coefficient (Wildman–Crippen LogP) is 1.35. The maximum atomic E-state index is 10.3. The molecule has 0 radical (unpaired) electrons. The fraction of sp³-hybridized carbons (Fsp3) is 0.875. The number of aldehydes is 1. The van der Waals surface area contributed by atoms with Crippen molar-refractivity contribution in [1.82, 2.24) is 5.32 Å². The quantitative estimate of drug-likeness (QED) is 0.449. The molecule has 0 aromatic rings. The van der Waals surface area contributed by atoms with Crippen LogP contribution in [0, 0.1) is 0 Å². The zero-order chi connectivity index (χ0) is 7.82. The summed E-state index contributed by atoms with van der Waals surface area (Å²) in [5, 5.41) is 2.94. The number of rotatable bonds is 6. The molecule has 10 heavy (non-hydrogen) atoms. The first-order valence-electron chi connectivity index (χ1n) is 3.97. The Labute approximate surface area is 63.0 Å². The molecule has 60 valence electrons. The molecule has 0 aromatic carbocycles. The van der Waals surface area contributed by atoms with Crippen LogP contribution in [0.4, 0.5) is 0 Å². The largest absolute Gasteiger partial charge is 0.311 e. The molecule has 0 fully saturated rings. The zero-order valence-electron chi connectivity index (χ0n) is 6.89. The van der Waals surface area contributed by atoms with E-state index in [-0.39, 0.29) is 6.04 Å². The lowest BCUT2D eigenvalue weighted by Gasteiger charge is -2.06. The highest BCUT2D eigenvalue weighted by molar-refractivity contribution is 5.57. The van der Waals surface area contributed by atoms with Crippen molar-refractivity contribution in [3.8, 4) is 0 Å². The Morgan fingerprint density at radius 2 is 2.20 bits per heavy atom. The van der Waals surface area contributed by atoms with Gasteiger partial charge in [-0.05, 0) is 13.5 Å². The standard InChI is InChI=1S/C8H17NO/c1-3-4-5-6-8(7-10)9-2/h7-9H,3-6H2,1-2H3/t8-/m0/s1. The average Bonchev–Trinajstić information content (AvgIpc) is 1.99. The molecule has 0 saturated carbocycles. The minimum atomic E-state index is 0.0755. The van der Waals surface area contributed by atoms with Gasteiger partial charge < -0.3 is 10.1 Å². The molecule has 0 heterocycles. The molecule has 0 aliphatic rings. The van der Waals surface area contributed by atoms with Gasteiger partial charge in [0.1, 0.15) is 6.29 Å². The van der Waals surface area contributed by atoms with Crippen molar-refractivity contribution in [2.24, 2.45) is 0 Å². The molecule has 0 bridgehead atoms. The number of nitrogens with one attached hydrogen (secondary N) is 1. The van der Waals surface area contributed by atoms with Crippen LogP contribution in [0.25, 0.3) is 0 Å². The van der Waals surface area contributed by atoms with E-state index >= 15 is 0 Å². The average molecular weight is 143 g/mol. The van der Waals surface area contributed by atoms with Crippen molar-refractivity contribution >= 4 is 6.29 Å². The minimum Gasteiger partial charge on any atom is -0.311 e. The van der Waals surface area contributed by atoms with E-state index in [0.717, 1.165) is 19.1 Å². The molecule has 0 rings (SSSR count). The second-order valence-corrected chi connectivity index (χ2v) is 2.53. The molecule has 0 unspecified atom stereocenters. The molecule has 0 aliphatic carbocycles. The number of carbonyl (C=O) groups is 1. The number of carbonyl (C=O) groups excluding carboxylic acids is 1. The first-order chi connectivity index (χ1) is 4.85. The number of likely N-dealkylation sites (N-methyl/N-ethyl adjacent to an activating group) is 1. The van der Waals surface area contributed by atoms with Crippen LogP contribution in [-0.4, -0.2) is 19.4 Å². The number of hydrogen-bond acceptors (Lipinski definition) is 2. The summed E-state index contributed by atoms with van der Waals surface area (Å²) in [4.78, 5) is 10.3. The van der Waals surface area contributed by atoms with Gasteiger partial charge in [-0.25, -0.2) is 0 Å². The van der Waals surface area contributed by atoms with Gasteiger partial charge in [0, 0.05) is 0 Å². The lowest BCUT2D eigenvalue weighted by atomic mass is 10.1. The molecule has 0 amide bonds. The van der Waals surface area contributed by atoms with E-state index in [1.165, 1.54) is 12.8 Å². The normalized spacial score (nSPS) is 13.0. The van der Waals surface area contributed by atoms with E-state index in [9.17, 15) is 4.79 Å². The number of hydrogen-bond donors (Lipinski definition) is 1. The molecule has 0 spiro atoms. The second kappa shape index (κ2) is 6.75. The van der Waals surface area contributed by atoms with Gasteiger partial charge in [-0.1, -0.05) is 26.2 Å². The topological polar surface area (TPSA) is 29.1 Å². The lowest BCUT2D eigenvalue weighted by molar-refractivity contribution is -0.109. The van der Waals surface area contributed by atoms with Crippen LogP contribution in [0.5, 0.6) is 0 Å². The van der Waals surface area contributed by atoms with E-state index in [1.807, 2.05) is 7.05 Å². The second-order valence-electron chi connectivity index (χ2n) is 2.53. The van der Waals surface area contributed by atoms with Gasteiger partial charge in [0.2, 0.25) is 0 Å². The van der Waals surface area contributed by atoms with Gasteiger partial charge in [-0.3, -0.25) is 0 Å². The molecule has 1 atom stereocenters. The van der Waals surface area contributed by atoms with Crippen LogP contribution in [0.1, 0.15) is 32.6 Å². The van der Waals surface area contributed by atoms with Crippen molar-refractivity contribution < 1.29 is 4.79 Å². The molecule has 1 N–H and O–H groups in total. The predicted molar refractivity (Wildman–Crippen MR) is 43.1 cm³/mol. The van der Waals surface area contributed by atoms with Crippen LogP contribution in [0.3, 0.4) is 0 Å². The van der Waals surface area contributed by atoms with Crippen LogP contribution in [0.2, 0.25) is 0 Å². The van der Waals surface area contributed by atoms with Gasteiger partial charge in [-0.2, -0.15) is 0 Å². The Morgan fingerprint density at radius 3 is 2.60 bits per heavy atom. The SMILES string of the molecule is CCCCC[C@@H](C=O)NC. The molecular weight excluding hydrogens is 126 g/mol. The molecule has 0 saturated heterocycles.